The fraction of sp³-hybridized carbons (Fsp3) is 0.312. The van der Waals surface area contributed by atoms with E-state index in [1.54, 1.807) is 30.3 Å². The molecule has 2 aromatic rings. The molecule has 3 rings (SSSR count). The molecule has 1 atom stereocenters. The Morgan fingerprint density at radius 2 is 1.83 bits per heavy atom. The summed E-state index contributed by atoms with van der Waals surface area (Å²) in [7, 11) is -0.513. The van der Waals surface area contributed by atoms with Gasteiger partial charge in [-0.1, -0.05) is 6.07 Å². The molecule has 128 valence electrons. The highest BCUT2D eigenvalue weighted by Gasteiger charge is 2.38. The Bertz CT molecular complexity index is 836. The summed E-state index contributed by atoms with van der Waals surface area (Å²) in [5.74, 6) is 1.63. The molecule has 0 N–H and O–H groups in total. The molecule has 0 saturated carbocycles. The number of nitrogens with zero attached hydrogens (tertiary/aromatic N) is 2. The van der Waals surface area contributed by atoms with Gasteiger partial charge in [-0.15, -0.1) is 0 Å². The average molecular weight is 350 g/mol. The Morgan fingerprint density at radius 1 is 1.17 bits per heavy atom. The first-order valence-corrected chi connectivity index (χ1v) is 9.12. The Morgan fingerprint density at radius 3 is 2.33 bits per heavy atom. The molecule has 8 heteroatoms. The van der Waals surface area contributed by atoms with Gasteiger partial charge in [-0.3, -0.25) is 0 Å². The quantitative estimate of drug-likeness (QED) is 0.827. The molecule has 0 bridgehead atoms. The first-order chi connectivity index (χ1) is 11.5. The maximum Gasteiger partial charge on any atom is 0.247 e. The minimum atomic E-state index is -3.58. The van der Waals surface area contributed by atoms with Gasteiger partial charge < -0.3 is 13.9 Å². The van der Waals surface area contributed by atoms with E-state index in [1.807, 2.05) is 0 Å². The molecule has 1 aliphatic rings. The standard InChI is InChI=1S/C16H18N2O5S/c1-21-14-6-4-7-15(22-2)16(14)12-10-11(13-8-5-9-23-13)17-18(12)24(3,19)20/h4-9,12H,10H2,1-3H3/t12-/m0/s1. The average Bonchev–Trinajstić information content (AvgIpc) is 3.22. The minimum absolute atomic E-state index is 0.358. The van der Waals surface area contributed by atoms with E-state index >= 15 is 0 Å². The first-order valence-electron chi connectivity index (χ1n) is 7.27. The molecule has 0 amide bonds. The molecule has 24 heavy (non-hydrogen) atoms. The van der Waals surface area contributed by atoms with Crippen molar-refractivity contribution in [2.75, 3.05) is 20.5 Å². The summed E-state index contributed by atoms with van der Waals surface area (Å²) in [5.41, 5.74) is 1.20. The van der Waals surface area contributed by atoms with Crippen LogP contribution < -0.4 is 9.47 Å². The highest BCUT2D eigenvalue weighted by Crippen LogP contribution is 2.43. The van der Waals surface area contributed by atoms with E-state index in [2.05, 4.69) is 5.10 Å². The molecular formula is C16H18N2O5S. The van der Waals surface area contributed by atoms with Crippen LogP contribution in [0.25, 0.3) is 0 Å². The van der Waals surface area contributed by atoms with Crippen molar-refractivity contribution >= 4 is 15.7 Å². The van der Waals surface area contributed by atoms with Crippen LogP contribution in [0.3, 0.4) is 0 Å². The van der Waals surface area contributed by atoms with E-state index < -0.39 is 16.1 Å². The van der Waals surface area contributed by atoms with Gasteiger partial charge in [0, 0.05) is 6.42 Å². The van der Waals surface area contributed by atoms with Gasteiger partial charge in [0.1, 0.15) is 29.0 Å². The van der Waals surface area contributed by atoms with Crippen LogP contribution in [0.5, 0.6) is 11.5 Å². The van der Waals surface area contributed by atoms with E-state index in [9.17, 15) is 8.42 Å². The third-order valence-corrected chi connectivity index (χ3v) is 4.83. The van der Waals surface area contributed by atoms with Crippen LogP contribution >= 0.6 is 0 Å². The second-order valence-corrected chi connectivity index (χ2v) is 7.20. The molecule has 1 aliphatic heterocycles. The number of furan rings is 1. The van der Waals surface area contributed by atoms with Gasteiger partial charge >= 0.3 is 0 Å². The number of ether oxygens (including phenoxy) is 2. The predicted octanol–water partition coefficient (Wildman–Crippen LogP) is 2.41. The van der Waals surface area contributed by atoms with Crippen LogP contribution in [0.4, 0.5) is 0 Å². The van der Waals surface area contributed by atoms with E-state index in [0.717, 1.165) is 10.7 Å². The minimum Gasteiger partial charge on any atom is -0.496 e. The number of methoxy groups -OCH3 is 2. The zero-order valence-electron chi connectivity index (χ0n) is 13.6. The lowest BCUT2D eigenvalue weighted by atomic mass is 10.00. The van der Waals surface area contributed by atoms with Crippen LogP contribution in [-0.2, 0) is 10.0 Å². The Kier molecular flexibility index (Phi) is 4.23. The van der Waals surface area contributed by atoms with E-state index in [1.165, 1.54) is 20.5 Å². The van der Waals surface area contributed by atoms with Crippen molar-refractivity contribution in [3.8, 4) is 11.5 Å². The lowest BCUT2D eigenvalue weighted by Crippen LogP contribution is -2.26. The van der Waals surface area contributed by atoms with Crippen LogP contribution in [0.2, 0.25) is 0 Å². The van der Waals surface area contributed by atoms with Gasteiger partial charge in [0.25, 0.3) is 0 Å². The van der Waals surface area contributed by atoms with Crippen molar-refractivity contribution < 1.29 is 22.3 Å². The molecule has 1 aromatic carbocycles. The first kappa shape index (κ1) is 16.4. The summed E-state index contributed by atoms with van der Waals surface area (Å²) in [5, 5.41) is 4.27. The smallest absolute Gasteiger partial charge is 0.247 e. The third-order valence-electron chi connectivity index (χ3n) is 3.82. The Hall–Kier alpha value is -2.48. The fourth-order valence-electron chi connectivity index (χ4n) is 2.81. The van der Waals surface area contributed by atoms with Crippen LogP contribution in [0, 0.1) is 0 Å². The molecule has 0 aliphatic carbocycles. The Labute approximate surface area is 140 Å². The SMILES string of the molecule is COc1cccc(OC)c1[C@@H]1CC(c2ccco2)=NN1S(C)(=O)=O. The summed E-state index contributed by atoms with van der Waals surface area (Å²) in [6.07, 6.45) is 3.01. The number of benzene rings is 1. The predicted molar refractivity (Wildman–Crippen MR) is 88.8 cm³/mol. The van der Waals surface area contributed by atoms with Gasteiger partial charge in [-0.05, 0) is 24.3 Å². The number of hydrazone groups is 1. The molecule has 0 spiro atoms. The molecule has 2 heterocycles. The van der Waals surface area contributed by atoms with Gasteiger partial charge in [-0.2, -0.15) is 9.52 Å². The number of hydrogen-bond acceptors (Lipinski definition) is 6. The van der Waals surface area contributed by atoms with E-state index in [-0.39, 0.29) is 0 Å². The van der Waals surface area contributed by atoms with E-state index in [4.69, 9.17) is 13.9 Å². The monoisotopic (exact) mass is 350 g/mol. The van der Waals surface area contributed by atoms with Crippen molar-refractivity contribution in [3.05, 3.63) is 47.9 Å². The second kappa shape index (κ2) is 6.20. The Balaban J connectivity index is 2.11. The van der Waals surface area contributed by atoms with Crippen molar-refractivity contribution in [1.29, 1.82) is 0 Å². The molecule has 0 unspecified atom stereocenters. The summed E-state index contributed by atoms with van der Waals surface area (Å²) in [4.78, 5) is 0. The summed E-state index contributed by atoms with van der Waals surface area (Å²) in [6.45, 7) is 0. The molecule has 1 aromatic heterocycles. The van der Waals surface area contributed by atoms with Crippen molar-refractivity contribution in [1.82, 2.24) is 4.41 Å². The fourth-order valence-corrected chi connectivity index (χ4v) is 3.70. The number of hydrogen-bond donors (Lipinski definition) is 0. The molecular weight excluding hydrogens is 332 g/mol. The topological polar surface area (TPSA) is 81.3 Å². The summed E-state index contributed by atoms with van der Waals surface area (Å²) in [6, 6.07) is 8.24. The largest absolute Gasteiger partial charge is 0.496 e. The van der Waals surface area contributed by atoms with Crippen LogP contribution in [0.1, 0.15) is 23.8 Å². The van der Waals surface area contributed by atoms with Crippen LogP contribution in [-0.4, -0.2) is 39.0 Å². The molecule has 7 nitrogen and oxygen atoms in total. The van der Waals surface area contributed by atoms with E-state index in [0.29, 0.717) is 35.0 Å². The molecule has 0 fully saturated rings. The van der Waals surface area contributed by atoms with Gasteiger partial charge in [0.05, 0.1) is 32.3 Å². The third kappa shape index (κ3) is 2.84. The normalized spacial score (nSPS) is 17.7. The highest BCUT2D eigenvalue weighted by atomic mass is 32.2. The van der Waals surface area contributed by atoms with Gasteiger partial charge in [-0.25, -0.2) is 8.42 Å². The maximum absolute atomic E-state index is 12.2. The van der Waals surface area contributed by atoms with Crippen molar-refractivity contribution in [3.63, 3.8) is 0 Å². The number of sulfonamides is 1. The maximum atomic E-state index is 12.2. The van der Waals surface area contributed by atoms with Crippen molar-refractivity contribution in [2.45, 2.75) is 12.5 Å². The molecule has 0 saturated heterocycles. The van der Waals surface area contributed by atoms with Gasteiger partial charge in [0.15, 0.2) is 0 Å². The van der Waals surface area contributed by atoms with Gasteiger partial charge in [0.2, 0.25) is 10.0 Å². The lowest BCUT2D eigenvalue weighted by molar-refractivity contribution is 0.332. The van der Waals surface area contributed by atoms with Crippen LogP contribution in [0.15, 0.2) is 46.1 Å². The zero-order valence-corrected chi connectivity index (χ0v) is 14.4. The highest BCUT2D eigenvalue weighted by molar-refractivity contribution is 7.88. The zero-order chi connectivity index (χ0) is 17.3. The number of rotatable bonds is 5. The second-order valence-electron chi connectivity index (χ2n) is 5.36. The summed E-state index contributed by atoms with van der Waals surface area (Å²) < 4.78 is 41.7. The lowest BCUT2D eigenvalue weighted by Gasteiger charge is -2.24. The summed E-state index contributed by atoms with van der Waals surface area (Å²) >= 11 is 0. The molecule has 0 radical (unpaired) electrons. The van der Waals surface area contributed by atoms with Crippen molar-refractivity contribution in [2.24, 2.45) is 5.10 Å².